The van der Waals surface area contributed by atoms with Gasteiger partial charge in [0, 0.05) is 13.2 Å². The standard InChI is InChI=1S/C15H26N2O6/c1-3-9(2)10(13(19)16-7-5-4-6-8-18)17-14(20)11-12(23-11)15(21)22/h9-12,18H,3-8H2,1-2H3,(H,16,19)(H,17,20)(H,21,22). The van der Waals surface area contributed by atoms with Gasteiger partial charge < -0.3 is 25.6 Å². The van der Waals surface area contributed by atoms with Crippen LogP contribution < -0.4 is 10.6 Å². The first-order valence-corrected chi connectivity index (χ1v) is 7.99. The SMILES string of the molecule is CCC(C)C(NC(=O)C1OC1C(=O)O)C(=O)NCCCCCO. The van der Waals surface area contributed by atoms with E-state index in [0.717, 1.165) is 12.8 Å². The molecule has 0 bridgehead atoms. The molecule has 1 heterocycles. The fourth-order valence-corrected chi connectivity index (χ4v) is 2.17. The van der Waals surface area contributed by atoms with Crippen LogP contribution in [0.5, 0.6) is 0 Å². The third kappa shape index (κ3) is 6.15. The predicted octanol–water partition coefficient (Wildman–Crippen LogP) is -0.352. The second kappa shape index (κ2) is 9.46. The third-order valence-corrected chi connectivity index (χ3v) is 3.92. The number of carboxylic acids is 1. The Labute approximate surface area is 135 Å². The Morgan fingerprint density at radius 1 is 1.17 bits per heavy atom. The zero-order valence-corrected chi connectivity index (χ0v) is 13.6. The van der Waals surface area contributed by atoms with Crippen LogP contribution in [-0.4, -0.2) is 59.4 Å². The van der Waals surface area contributed by atoms with Crippen LogP contribution in [0.4, 0.5) is 0 Å². The molecule has 8 nitrogen and oxygen atoms in total. The molecule has 1 aliphatic heterocycles. The van der Waals surface area contributed by atoms with Crippen molar-refractivity contribution < 1.29 is 29.3 Å². The monoisotopic (exact) mass is 330 g/mol. The van der Waals surface area contributed by atoms with E-state index in [1.807, 2.05) is 13.8 Å². The van der Waals surface area contributed by atoms with Crippen molar-refractivity contribution in [2.45, 2.75) is 57.8 Å². The van der Waals surface area contributed by atoms with Crippen molar-refractivity contribution >= 4 is 17.8 Å². The molecule has 0 aliphatic carbocycles. The molecule has 8 heteroatoms. The van der Waals surface area contributed by atoms with Crippen molar-refractivity contribution in [2.75, 3.05) is 13.2 Å². The van der Waals surface area contributed by atoms with Crippen LogP contribution in [0, 0.1) is 5.92 Å². The van der Waals surface area contributed by atoms with E-state index in [-0.39, 0.29) is 18.4 Å². The number of nitrogens with one attached hydrogen (secondary N) is 2. The molecule has 4 N–H and O–H groups in total. The minimum Gasteiger partial charge on any atom is -0.479 e. The molecule has 1 fully saturated rings. The second-order valence-corrected chi connectivity index (χ2v) is 5.76. The molecule has 4 atom stereocenters. The van der Waals surface area contributed by atoms with E-state index in [2.05, 4.69) is 10.6 Å². The number of aliphatic carboxylic acids is 1. The van der Waals surface area contributed by atoms with Crippen LogP contribution in [0.15, 0.2) is 0 Å². The number of unbranched alkanes of at least 4 members (excludes halogenated alkanes) is 2. The summed E-state index contributed by atoms with van der Waals surface area (Å²) in [6, 6.07) is -0.719. The van der Waals surface area contributed by atoms with Gasteiger partial charge in [0.05, 0.1) is 0 Å². The Balaban J connectivity index is 2.47. The number of hydrogen-bond acceptors (Lipinski definition) is 5. The van der Waals surface area contributed by atoms with Gasteiger partial charge in [0.25, 0.3) is 5.91 Å². The third-order valence-electron chi connectivity index (χ3n) is 3.92. The molecule has 1 saturated heterocycles. The lowest BCUT2D eigenvalue weighted by Crippen LogP contribution is -2.51. The maximum Gasteiger partial charge on any atom is 0.336 e. The van der Waals surface area contributed by atoms with Crippen LogP contribution in [0.3, 0.4) is 0 Å². The fourth-order valence-electron chi connectivity index (χ4n) is 2.17. The minimum absolute atomic E-state index is 0.0848. The summed E-state index contributed by atoms with van der Waals surface area (Å²) in [7, 11) is 0. The first kappa shape index (κ1) is 19.4. The highest BCUT2D eigenvalue weighted by Gasteiger charge is 2.51. The second-order valence-electron chi connectivity index (χ2n) is 5.76. The van der Waals surface area contributed by atoms with Gasteiger partial charge in [0.2, 0.25) is 5.91 Å². The van der Waals surface area contributed by atoms with Gasteiger partial charge in [0.1, 0.15) is 6.04 Å². The number of rotatable bonds is 11. The fraction of sp³-hybridized carbons (Fsp3) is 0.800. The Morgan fingerprint density at radius 3 is 2.39 bits per heavy atom. The number of aliphatic hydroxyl groups excluding tert-OH is 1. The van der Waals surface area contributed by atoms with Gasteiger partial charge >= 0.3 is 5.97 Å². The molecule has 0 spiro atoms. The normalized spacial score (nSPS) is 22.0. The molecule has 0 aromatic heterocycles. The van der Waals surface area contributed by atoms with Gasteiger partial charge in [-0.1, -0.05) is 20.3 Å². The molecule has 0 radical (unpaired) electrons. The summed E-state index contributed by atoms with van der Waals surface area (Å²) in [6.45, 7) is 4.36. The summed E-state index contributed by atoms with van der Waals surface area (Å²) < 4.78 is 4.79. The summed E-state index contributed by atoms with van der Waals surface area (Å²) in [5, 5.41) is 22.8. The highest BCUT2D eigenvalue weighted by molar-refractivity contribution is 5.95. The van der Waals surface area contributed by atoms with Crippen LogP contribution in [-0.2, 0) is 19.1 Å². The lowest BCUT2D eigenvalue weighted by Gasteiger charge is -2.23. The van der Waals surface area contributed by atoms with E-state index in [4.69, 9.17) is 14.9 Å². The molecule has 23 heavy (non-hydrogen) atoms. The summed E-state index contributed by atoms with van der Waals surface area (Å²) in [4.78, 5) is 34.9. The van der Waals surface area contributed by atoms with Crippen LogP contribution in [0.25, 0.3) is 0 Å². The quantitative estimate of drug-likeness (QED) is 0.303. The zero-order valence-electron chi connectivity index (χ0n) is 13.6. The first-order chi connectivity index (χ1) is 10.9. The number of carboxylic acid groups (broad SMARTS) is 1. The maximum atomic E-state index is 12.2. The van der Waals surface area contributed by atoms with Gasteiger partial charge in [-0.3, -0.25) is 9.59 Å². The van der Waals surface area contributed by atoms with E-state index >= 15 is 0 Å². The predicted molar refractivity (Wildman–Crippen MR) is 81.6 cm³/mol. The highest BCUT2D eigenvalue weighted by atomic mass is 16.6. The molecule has 0 aromatic rings. The molecule has 4 unspecified atom stereocenters. The molecule has 132 valence electrons. The maximum absolute atomic E-state index is 12.2. The molecule has 0 aromatic carbocycles. The topological polar surface area (TPSA) is 128 Å². The average Bonchev–Trinajstić information content (AvgIpc) is 3.32. The number of carbonyl (C=O) groups is 3. The van der Waals surface area contributed by atoms with Crippen molar-refractivity contribution in [3.63, 3.8) is 0 Å². The molecule has 0 saturated carbocycles. The highest BCUT2D eigenvalue weighted by Crippen LogP contribution is 2.23. The van der Waals surface area contributed by atoms with Crippen LogP contribution in [0.2, 0.25) is 0 Å². The number of epoxide rings is 1. The summed E-state index contributed by atoms with van der Waals surface area (Å²) >= 11 is 0. The number of carbonyl (C=O) groups excluding carboxylic acids is 2. The summed E-state index contributed by atoms with van der Waals surface area (Å²) in [5.74, 6) is -2.13. The van der Waals surface area contributed by atoms with Gasteiger partial charge in [-0.05, 0) is 25.2 Å². The number of hydrogen-bond donors (Lipinski definition) is 4. The van der Waals surface area contributed by atoms with Crippen LogP contribution in [0.1, 0.15) is 39.5 Å². The largest absolute Gasteiger partial charge is 0.479 e. The first-order valence-electron chi connectivity index (χ1n) is 7.99. The van der Waals surface area contributed by atoms with Crippen molar-refractivity contribution in [3.8, 4) is 0 Å². The van der Waals surface area contributed by atoms with E-state index in [0.29, 0.717) is 19.4 Å². The van der Waals surface area contributed by atoms with Crippen molar-refractivity contribution in [1.82, 2.24) is 10.6 Å². The lowest BCUT2D eigenvalue weighted by molar-refractivity contribution is -0.138. The van der Waals surface area contributed by atoms with Gasteiger partial charge in [-0.15, -0.1) is 0 Å². The molecule has 2 amide bonds. The van der Waals surface area contributed by atoms with Gasteiger partial charge in [-0.25, -0.2) is 4.79 Å². The summed E-state index contributed by atoms with van der Waals surface area (Å²) in [5.41, 5.74) is 0. The lowest BCUT2D eigenvalue weighted by atomic mass is 9.98. The van der Waals surface area contributed by atoms with Crippen LogP contribution >= 0.6 is 0 Å². The number of aliphatic hydroxyl groups is 1. The van der Waals surface area contributed by atoms with E-state index < -0.39 is 30.1 Å². The van der Waals surface area contributed by atoms with Crippen molar-refractivity contribution in [1.29, 1.82) is 0 Å². The van der Waals surface area contributed by atoms with Gasteiger partial charge in [-0.2, -0.15) is 0 Å². The Bertz CT molecular complexity index is 428. The Morgan fingerprint density at radius 2 is 1.87 bits per heavy atom. The van der Waals surface area contributed by atoms with E-state index in [1.165, 1.54) is 0 Å². The van der Waals surface area contributed by atoms with Crippen molar-refractivity contribution in [2.24, 2.45) is 5.92 Å². The molecular formula is C15H26N2O6. The molecule has 1 rings (SSSR count). The Kier molecular flexibility index (Phi) is 7.97. The minimum atomic E-state index is -1.18. The van der Waals surface area contributed by atoms with Gasteiger partial charge in [0.15, 0.2) is 12.2 Å². The van der Waals surface area contributed by atoms with E-state index in [9.17, 15) is 14.4 Å². The van der Waals surface area contributed by atoms with E-state index in [1.54, 1.807) is 0 Å². The average molecular weight is 330 g/mol. The number of ether oxygens (including phenoxy) is 1. The Hall–Kier alpha value is -1.67. The number of amides is 2. The molecule has 1 aliphatic rings. The summed E-state index contributed by atoms with van der Waals surface area (Å²) in [6.07, 6.45) is 0.812. The zero-order chi connectivity index (χ0) is 17.4. The molecular weight excluding hydrogens is 304 g/mol. The smallest absolute Gasteiger partial charge is 0.336 e. The van der Waals surface area contributed by atoms with Crippen molar-refractivity contribution in [3.05, 3.63) is 0 Å².